The smallest absolute Gasteiger partial charge is 0.416 e. The maximum absolute atomic E-state index is 14.2. The van der Waals surface area contributed by atoms with Crippen LogP contribution in [-0.2, 0) is 30.0 Å². The Bertz CT molecular complexity index is 1490. The molecule has 3 heterocycles. The second-order valence-electron chi connectivity index (χ2n) is 14.7. The molecule has 3 aliphatic rings. The summed E-state index contributed by atoms with van der Waals surface area (Å²) in [6.45, 7) is 10.4. The molecule has 274 valence electrons. The highest BCUT2D eigenvalue weighted by molar-refractivity contribution is 5.81. The minimum atomic E-state index is -4.48. The Morgan fingerprint density at radius 2 is 1.54 bits per heavy atom. The molecule has 0 bridgehead atoms. The van der Waals surface area contributed by atoms with E-state index in [-0.39, 0.29) is 48.1 Å². The second kappa shape index (κ2) is 15.6. The summed E-state index contributed by atoms with van der Waals surface area (Å²) in [5.41, 5.74) is 1.09. The summed E-state index contributed by atoms with van der Waals surface area (Å²) < 4.78 is 57.6. The summed E-state index contributed by atoms with van der Waals surface area (Å²) in [5, 5.41) is 0. The van der Waals surface area contributed by atoms with Crippen molar-refractivity contribution in [3.63, 3.8) is 0 Å². The van der Waals surface area contributed by atoms with Gasteiger partial charge in [0.15, 0.2) is 0 Å². The molecule has 50 heavy (non-hydrogen) atoms. The number of rotatable bonds is 9. The number of benzene rings is 2. The average Bonchev–Trinajstić information content (AvgIpc) is 3.50. The van der Waals surface area contributed by atoms with Crippen molar-refractivity contribution in [3.05, 3.63) is 59.2 Å². The van der Waals surface area contributed by atoms with Gasteiger partial charge in [-0.3, -0.25) is 19.3 Å². The third-order valence-corrected chi connectivity index (χ3v) is 10.1. The topological polar surface area (TPSA) is 88.6 Å². The Labute approximate surface area is 293 Å². The number of methoxy groups -OCH3 is 1. The van der Waals surface area contributed by atoms with Crippen LogP contribution in [0.4, 0.5) is 18.9 Å². The lowest BCUT2D eigenvalue weighted by Gasteiger charge is -2.38. The SMILES string of the molecule is CCOC(=O)C1CCN(c2cc(C(F)(F)F)ccc2C2CCN(C(=O)[C@@H]3CN(CC(=O)OC(C)(C)C)C[C@H]3c3ccc(OC)cc3)CC2)CC1. The van der Waals surface area contributed by atoms with Gasteiger partial charge in [0.05, 0.1) is 37.7 Å². The normalized spacial score (nSPS) is 21.3. The van der Waals surface area contributed by atoms with E-state index in [1.807, 2.05) is 59.7 Å². The number of alkyl halides is 3. The first-order valence-corrected chi connectivity index (χ1v) is 17.7. The van der Waals surface area contributed by atoms with Crippen molar-refractivity contribution in [3.8, 4) is 5.75 Å². The third kappa shape index (κ3) is 9.10. The van der Waals surface area contributed by atoms with Crippen LogP contribution < -0.4 is 9.64 Å². The summed E-state index contributed by atoms with van der Waals surface area (Å²) in [6, 6.07) is 11.7. The third-order valence-electron chi connectivity index (χ3n) is 10.1. The van der Waals surface area contributed by atoms with Crippen LogP contribution in [0.2, 0.25) is 0 Å². The van der Waals surface area contributed by atoms with Gasteiger partial charge in [0.25, 0.3) is 0 Å². The number of ether oxygens (including phenoxy) is 3. The molecule has 12 heteroatoms. The van der Waals surface area contributed by atoms with E-state index in [0.29, 0.717) is 83.0 Å². The number of carbonyl (C=O) groups is 3. The fourth-order valence-corrected chi connectivity index (χ4v) is 7.61. The van der Waals surface area contributed by atoms with E-state index < -0.39 is 17.3 Å². The van der Waals surface area contributed by atoms with Gasteiger partial charge in [0.2, 0.25) is 5.91 Å². The summed E-state index contributed by atoms with van der Waals surface area (Å²) >= 11 is 0. The van der Waals surface area contributed by atoms with Gasteiger partial charge in [-0.2, -0.15) is 13.2 Å². The van der Waals surface area contributed by atoms with Crippen LogP contribution in [0, 0.1) is 11.8 Å². The van der Waals surface area contributed by atoms with Gasteiger partial charge in [0.1, 0.15) is 11.4 Å². The van der Waals surface area contributed by atoms with E-state index in [4.69, 9.17) is 14.2 Å². The van der Waals surface area contributed by atoms with Crippen LogP contribution in [0.15, 0.2) is 42.5 Å². The molecule has 0 unspecified atom stereocenters. The van der Waals surface area contributed by atoms with Gasteiger partial charge in [0, 0.05) is 50.9 Å². The Balaban J connectivity index is 1.30. The van der Waals surface area contributed by atoms with Crippen LogP contribution >= 0.6 is 0 Å². The first-order chi connectivity index (χ1) is 23.7. The predicted octanol–water partition coefficient (Wildman–Crippen LogP) is 6.26. The number of piperidine rings is 2. The van der Waals surface area contributed by atoms with Crippen molar-refractivity contribution in [1.82, 2.24) is 9.80 Å². The summed E-state index contributed by atoms with van der Waals surface area (Å²) in [6.07, 6.45) is -2.21. The number of carbonyl (C=O) groups excluding carboxylic acids is 3. The molecular formula is C38H50F3N3O6. The molecule has 1 amide bonds. The Hall–Kier alpha value is -3.80. The number of anilines is 1. The van der Waals surface area contributed by atoms with E-state index in [2.05, 4.69) is 0 Å². The molecule has 5 rings (SSSR count). The highest BCUT2D eigenvalue weighted by Gasteiger charge is 2.42. The Kier molecular flexibility index (Phi) is 11.7. The number of hydrogen-bond acceptors (Lipinski definition) is 8. The zero-order valence-electron chi connectivity index (χ0n) is 29.8. The minimum absolute atomic E-state index is 0.0182. The second-order valence-corrected chi connectivity index (χ2v) is 14.7. The minimum Gasteiger partial charge on any atom is -0.497 e. The lowest BCUT2D eigenvalue weighted by molar-refractivity contribution is -0.156. The van der Waals surface area contributed by atoms with Gasteiger partial charge < -0.3 is 24.0 Å². The maximum Gasteiger partial charge on any atom is 0.416 e. The van der Waals surface area contributed by atoms with E-state index in [0.717, 1.165) is 17.2 Å². The number of nitrogens with zero attached hydrogens (tertiary/aromatic N) is 3. The molecule has 0 aromatic heterocycles. The van der Waals surface area contributed by atoms with Gasteiger partial charge in [-0.05, 0) is 94.7 Å². The standard InChI is InChI=1S/C38H50F3N3O6/c1-6-49-36(47)27-15-17-43(18-16-27)33-21-28(38(39,40)41)9-12-30(33)26-13-19-44(20-14-26)35(46)32-23-42(24-34(45)50-37(2,3)4)22-31(32)25-7-10-29(48-5)11-8-25/h7-12,21,26-27,31-32H,6,13-20,22-24H2,1-5H3/t31-,32+/m0/s1. The molecule has 2 aromatic rings. The van der Waals surface area contributed by atoms with Crippen molar-refractivity contribution >= 4 is 23.5 Å². The summed E-state index contributed by atoms with van der Waals surface area (Å²) in [7, 11) is 1.60. The van der Waals surface area contributed by atoms with Crippen molar-refractivity contribution < 1.29 is 41.8 Å². The number of esters is 2. The molecule has 0 N–H and O–H groups in total. The molecule has 3 saturated heterocycles. The fourth-order valence-electron chi connectivity index (χ4n) is 7.61. The lowest BCUT2D eigenvalue weighted by atomic mass is 9.84. The van der Waals surface area contributed by atoms with Crippen LogP contribution in [-0.4, -0.2) is 92.8 Å². The summed E-state index contributed by atoms with van der Waals surface area (Å²) in [5.74, 6) is -0.638. The van der Waals surface area contributed by atoms with E-state index in [1.165, 1.54) is 6.07 Å². The van der Waals surface area contributed by atoms with E-state index in [9.17, 15) is 27.6 Å². The molecule has 2 aromatic carbocycles. The largest absolute Gasteiger partial charge is 0.497 e. The van der Waals surface area contributed by atoms with Gasteiger partial charge in [-0.1, -0.05) is 18.2 Å². The number of amides is 1. The number of hydrogen-bond donors (Lipinski definition) is 0. The highest BCUT2D eigenvalue weighted by atomic mass is 19.4. The number of likely N-dealkylation sites (tertiary alicyclic amines) is 2. The van der Waals surface area contributed by atoms with Crippen LogP contribution in [0.1, 0.15) is 81.9 Å². The monoisotopic (exact) mass is 701 g/mol. The zero-order valence-corrected chi connectivity index (χ0v) is 29.8. The number of halogens is 3. The predicted molar refractivity (Wildman–Crippen MR) is 183 cm³/mol. The molecule has 9 nitrogen and oxygen atoms in total. The molecule has 0 radical (unpaired) electrons. The van der Waals surface area contributed by atoms with E-state index in [1.54, 1.807) is 20.1 Å². The van der Waals surface area contributed by atoms with Gasteiger partial charge >= 0.3 is 18.1 Å². The fraction of sp³-hybridized carbons (Fsp3) is 0.605. The molecule has 3 fully saturated rings. The molecule has 2 atom stereocenters. The van der Waals surface area contributed by atoms with Crippen molar-refractivity contribution in [1.29, 1.82) is 0 Å². The van der Waals surface area contributed by atoms with Crippen molar-refractivity contribution in [2.45, 2.75) is 77.0 Å². The van der Waals surface area contributed by atoms with E-state index >= 15 is 0 Å². The first-order valence-electron chi connectivity index (χ1n) is 17.7. The molecule has 0 saturated carbocycles. The van der Waals surface area contributed by atoms with Crippen LogP contribution in [0.5, 0.6) is 5.75 Å². The maximum atomic E-state index is 14.2. The summed E-state index contributed by atoms with van der Waals surface area (Å²) in [4.78, 5) is 45.1. The molecule has 0 spiro atoms. The van der Waals surface area contributed by atoms with Crippen molar-refractivity contribution in [2.75, 3.05) is 64.4 Å². The van der Waals surface area contributed by atoms with Gasteiger partial charge in [-0.15, -0.1) is 0 Å². The molecule has 3 aliphatic heterocycles. The average molecular weight is 702 g/mol. The molecule has 0 aliphatic carbocycles. The Morgan fingerprint density at radius 3 is 2.12 bits per heavy atom. The quantitative estimate of drug-likeness (QED) is 0.284. The first kappa shape index (κ1) is 37.5. The highest BCUT2D eigenvalue weighted by Crippen LogP contribution is 2.42. The lowest BCUT2D eigenvalue weighted by Crippen LogP contribution is -2.43. The van der Waals surface area contributed by atoms with Crippen LogP contribution in [0.25, 0.3) is 0 Å². The Morgan fingerprint density at radius 1 is 0.880 bits per heavy atom. The van der Waals surface area contributed by atoms with Crippen LogP contribution in [0.3, 0.4) is 0 Å². The van der Waals surface area contributed by atoms with Gasteiger partial charge in [-0.25, -0.2) is 0 Å². The van der Waals surface area contributed by atoms with Crippen molar-refractivity contribution in [2.24, 2.45) is 11.8 Å². The molecular weight excluding hydrogens is 651 g/mol. The zero-order chi connectivity index (χ0) is 36.2.